The Balaban J connectivity index is 1.26. The smallest absolute Gasteiger partial charge is 0.278 e. The zero-order valence-electron chi connectivity index (χ0n) is 14.5. The molecule has 2 amide bonds. The average Bonchev–Trinajstić information content (AvgIpc) is 2.54. The van der Waals surface area contributed by atoms with Crippen molar-refractivity contribution >= 4 is 11.8 Å². The van der Waals surface area contributed by atoms with E-state index in [9.17, 15) is 14.4 Å². The van der Waals surface area contributed by atoms with Gasteiger partial charge in [0, 0.05) is 37.3 Å². The molecule has 1 saturated heterocycles. The highest BCUT2D eigenvalue weighted by Crippen LogP contribution is 2.34. The van der Waals surface area contributed by atoms with E-state index < -0.39 is 0 Å². The van der Waals surface area contributed by atoms with Gasteiger partial charge in [-0.05, 0) is 24.5 Å². The van der Waals surface area contributed by atoms with Crippen molar-refractivity contribution in [3.05, 3.63) is 63.1 Å². The summed E-state index contributed by atoms with van der Waals surface area (Å²) in [7, 11) is 0. The molecule has 1 aliphatic heterocycles. The predicted octanol–water partition coefficient (Wildman–Crippen LogP) is 0.606. The summed E-state index contributed by atoms with van der Waals surface area (Å²) in [5, 5.41) is 9.48. The van der Waals surface area contributed by atoms with Crippen LogP contribution >= 0.6 is 0 Å². The number of carbonyl (C=O) groups excluding carboxylic acids is 2. The lowest BCUT2D eigenvalue weighted by molar-refractivity contribution is -0.123. The van der Waals surface area contributed by atoms with Gasteiger partial charge in [0.15, 0.2) is 5.69 Å². The molecule has 2 N–H and O–H groups in total. The molecule has 7 nitrogen and oxygen atoms in total. The number of hydrogen-bond acceptors (Lipinski definition) is 4. The SMILES string of the molecule is Cc1cc(=O)c(C(=O)N2CC(CNC(=O)C3Cc4ccccc43)C2)n[nH]1. The van der Waals surface area contributed by atoms with E-state index in [2.05, 4.69) is 21.6 Å². The van der Waals surface area contributed by atoms with Gasteiger partial charge in [-0.15, -0.1) is 0 Å². The molecule has 1 atom stereocenters. The van der Waals surface area contributed by atoms with Crippen LogP contribution in [-0.4, -0.2) is 46.5 Å². The molecule has 0 saturated carbocycles. The number of benzene rings is 1. The summed E-state index contributed by atoms with van der Waals surface area (Å²) in [5.74, 6) is -0.158. The number of nitrogens with zero attached hydrogens (tertiary/aromatic N) is 2. The highest BCUT2D eigenvalue weighted by Gasteiger charge is 2.35. The normalized spacial score (nSPS) is 18.5. The minimum atomic E-state index is -0.369. The first-order valence-corrected chi connectivity index (χ1v) is 8.74. The van der Waals surface area contributed by atoms with Crippen LogP contribution in [0.25, 0.3) is 0 Å². The molecule has 1 unspecified atom stereocenters. The van der Waals surface area contributed by atoms with Crippen LogP contribution in [0.3, 0.4) is 0 Å². The predicted molar refractivity (Wildman–Crippen MR) is 94.9 cm³/mol. The van der Waals surface area contributed by atoms with E-state index in [1.54, 1.807) is 11.8 Å². The zero-order chi connectivity index (χ0) is 18.3. The summed E-state index contributed by atoms with van der Waals surface area (Å²) in [4.78, 5) is 38.0. The van der Waals surface area contributed by atoms with Gasteiger partial charge in [-0.3, -0.25) is 19.5 Å². The molecule has 2 heterocycles. The van der Waals surface area contributed by atoms with Crippen LogP contribution in [-0.2, 0) is 11.2 Å². The molecule has 0 radical (unpaired) electrons. The Morgan fingerprint density at radius 2 is 2.08 bits per heavy atom. The van der Waals surface area contributed by atoms with Crippen molar-refractivity contribution < 1.29 is 9.59 Å². The molecule has 4 rings (SSSR count). The number of fused-ring (bicyclic) bond motifs is 1. The monoisotopic (exact) mass is 352 g/mol. The molecule has 26 heavy (non-hydrogen) atoms. The Morgan fingerprint density at radius 1 is 1.31 bits per heavy atom. The number of aryl methyl sites for hydroxylation is 1. The van der Waals surface area contributed by atoms with Crippen molar-refractivity contribution in [2.24, 2.45) is 5.92 Å². The third-order valence-electron chi connectivity index (χ3n) is 5.11. The summed E-state index contributed by atoms with van der Waals surface area (Å²) in [5.41, 5.74) is 2.52. The van der Waals surface area contributed by atoms with E-state index >= 15 is 0 Å². The van der Waals surface area contributed by atoms with Gasteiger partial charge in [-0.1, -0.05) is 24.3 Å². The van der Waals surface area contributed by atoms with Crippen molar-refractivity contribution in [2.45, 2.75) is 19.3 Å². The van der Waals surface area contributed by atoms with Crippen LogP contribution in [0.1, 0.15) is 33.2 Å². The quantitative estimate of drug-likeness (QED) is 0.843. The van der Waals surface area contributed by atoms with Gasteiger partial charge < -0.3 is 10.2 Å². The molecular formula is C19H20N4O3. The second kappa shape index (κ2) is 6.40. The maximum absolute atomic E-state index is 12.3. The lowest BCUT2D eigenvalue weighted by Gasteiger charge is -2.39. The molecule has 1 aromatic carbocycles. The molecule has 1 aliphatic carbocycles. The first-order chi connectivity index (χ1) is 12.5. The van der Waals surface area contributed by atoms with Gasteiger partial charge in [0.05, 0.1) is 5.92 Å². The lowest BCUT2D eigenvalue weighted by Crippen LogP contribution is -2.55. The fourth-order valence-corrected chi connectivity index (χ4v) is 3.53. The van der Waals surface area contributed by atoms with Gasteiger partial charge in [-0.2, -0.15) is 5.10 Å². The van der Waals surface area contributed by atoms with Crippen LogP contribution in [0.4, 0.5) is 0 Å². The number of rotatable bonds is 4. The molecule has 1 aromatic heterocycles. The number of hydrogen-bond donors (Lipinski definition) is 2. The van der Waals surface area contributed by atoms with Crippen LogP contribution < -0.4 is 10.7 Å². The summed E-state index contributed by atoms with van der Waals surface area (Å²) in [6.07, 6.45) is 0.791. The number of likely N-dealkylation sites (tertiary alicyclic amines) is 1. The van der Waals surface area contributed by atoms with Gasteiger partial charge >= 0.3 is 0 Å². The first kappa shape index (κ1) is 16.5. The molecule has 2 aliphatic rings. The second-order valence-corrected chi connectivity index (χ2v) is 7.04. The van der Waals surface area contributed by atoms with E-state index in [1.165, 1.54) is 11.6 Å². The number of amides is 2. The van der Waals surface area contributed by atoms with Crippen molar-refractivity contribution in [2.75, 3.05) is 19.6 Å². The van der Waals surface area contributed by atoms with Crippen molar-refractivity contribution in [3.8, 4) is 0 Å². The fraction of sp³-hybridized carbons (Fsp3) is 0.368. The third kappa shape index (κ3) is 2.89. The van der Waals surface area contributed by atoms with Gasteiger partial charge in [-0.25, -0.2) is 0 Å². The largest absolute Gasteiger partial charge is 0.355 e. The van der Waals surface area contributed by atoms with E-state index in [-0.39, 0.29) is 34.8 Å². The Bertz CT molecular complexity index is 930. The minimum absolute atomic E-state index is 0.0464. The van der Waals surface area contributed by atoms with Crippen molar-refractivity contribution in [3.63, 3.8) is 0 Å². The van der Waals surface area contributed by atoms with Crippen LogP contribution in [0, 0.1) is 12.8 Å². The topological polar surface area (TPSA) is 95.2 Å². The van der Waals surface area contributed by atoms with Crippen molar-refractivity contribution in [1.29, 1.82) is 0 Å². The van der Waals surface area contributed by atoms with Crippen LogP contribution in [0.15, 0.2) is 35.1 Å². The van der Waals surface area contributed by atoms with Crippen LogP contribution in [0.5, 0.6) is 0 Å². The Hall–Kier alpha value is -2.96. The summed E-state index contributed by atoms with van der Waals surface area (Å²) < 4.78 is 0. The summed E-state index contributed by atoms with van der Waals surface area (Å²) >= 11 is 0. The van der Waals surface area contributed by atoms with E-state index in [0.29, 0.717) is 25.3 Å². The zero-order valence-corrected chi connectivity index (χ0v) is 14.5. The average molecular weight is 352 g/mol. The third-order valence-corrected chi connectivity index (χ3v) is 5.11. The standard InChI is InChI=1S/C19H20N4O3/c1-11-6-16(24)17(22-21-11)19(26)23-9-12(10-23)8-20-18(25)15-7-13-4-2-3-5-14(13)15/h2-6,12,15H,7-10H2,1H3,(H,20,25)(H,21,24). The first-order valence-electron chi connectivity index (χ1n) is 8.74. The molecule has 7 heteroatoms. The van der Waals surface area contributed by atoms with Gasteiger partial charge in [0.1, 0.15) is 0 Å². The van der Waals surface area contributed by atoms with Gasteiger partial charge in [0.2, 0.25) is 11.3 Å². The van der Waals surface area contributed by atoms with Gasteiger partial charge in [0.25, 0.3) is 5.91 Å². The number of aromatic nitrogens is 2. The lowest BCUT2D eigenvalue weighted by atomic mass is 9.77. The Kier molecular flexibility index (Phi) is 4.06. The van der Waals surface area contributed by atoms with Crippen LogP contribution in [0.2, 0.25) is 0 Å². The molecule has 2 aromatic rings. The Morgan fingerprint density at radius 3 is 2.81 bits per heavy atom. The number of aromatic amines is 1. The van der Waals surface area contributed by atoms with E-state index in [1.807, 2.05) is 18.2 Å². The maximum atomic E-state index is 12.3. The molecular weight excluding hydrogens is 332 g/mol. The highest BCUT2D eigenvalue weighted by atomic mass is 16.2. The van der Waals surface area contributed by atoms with E-state index in [0.717, 1.165) is 12.0 Å². The second-order valence-electron chi connectivity index (χ2n) is 7.04. The summed E-state index contributed by atoms with van der Waals surface area (Å²) in [6, 6.07) is 9.36. The molecule has 0 spiro atoms. The molecule has 0 bridgehead atoms. The molecule has 134 valence electrons. The minimum Gasteiger partial charge on any atom is -0.355 e. The maximum Gasteiger partial charge on any atom is 0.278 e. The number of H-pyrrole nitrogens is 1. The summed E-state index contributed by atoms with van der Waals surface area (Å²) in [6.45, 7) is 3.30. The van der Waals surface area contributed by atoms with E-state index in [4.69, 9.17) is 0 Å². The number of carbonyl (C=O) groups is 2. The highest BCUT2D eigenvalue weighted by molar-refractivity contribution is 5.92. The fourth-order valence-electron chi connectivity index (χ4n) is 3.53. The molecule has 1 fully saturated rings. The van der Waals surface area contributed by atoms with Crippen molar-refractivity contribution in [1.82, 2.24) is 20.4 Å². The number of nitrogens with one attached hydrogen (secondary N) is 2. The Labute approximate surface area is 150 Å².